The summed E-state index contributed by atoms with van der Waals surface area (Å²) < 4.78 is 4.92. The summed E-state index contributed by atoms with van der Waals surface area (Å²) in [6, 6.07) is 53.0. The maximum atomic E-state index is 12.0. The summed E-state index contributed by atoms with van der Waals surface area (Å²) in [6.45, 7) is 5.89. The van der Waals surface area contributed by atoms with Crippen molar-refractivity contribution < 1.29 is 24.5 Å². The van der Waals surface area contributed by atoms with Gasteiger partial charge in [0.2, 0.25) is 0 Å². The summed E-state index contributed by atoms with van der Waals surface area (Å²) in [4.78, 5) is 33.0. The van der Waals surface area contributed by atoms with E-state index in [0.29, 0.717) is 21.5 Å². The summed E-state index contributed by atoms with van der Waals surface area (Å²) in [5.41, 5.74) is 11.5. The molecule has 0 saturated heterocycles. The number of hydrogen-bond acceptors (Lipinski definition) is 7. The summed E-state index contributed by atoms with van der Waals surface area (Å²) in [5, 5.41) is 24.0. The van der Waals surface area contributed by atoms with E-state index in [1.807, 2.05) is 117 Å². The van der Waals surface area contributed by atoms with Gasteiger partial charge in [0.25, 0.3) is 0 Å². The molecule has 0 aliphatic heterocycles. The fourth-order valence-corrected chi connectivity index (χ4v) is 11.4. The van der Waals surface area contributed by atoms with Gasteiger partial charge in [0.05, 0.1) is 41.4 Å². The smallest absolute Gasteiger partial charge is 0.338 e. The topological polar surface area (TPSA) is 110 Å². The number of fused-ring (bicyclic) bond motifs is 2. The van der Waals surface area contributed by atoms with Crippen LogP contribution in [0.25, 0.3) is 34.0 Å². The third kappa shape index (κ3) is 14.9. The Morgan fingerprint density at radius 1 is 0.703 bits per heavy atom. The molecule has 10 heteroatoms. The van der Waals surface area contributed by atoms with Crippen molar-refractivity contribution in [3.63, 3.8) is 0 Å². The normalized spacial score (nSPS) is 13.8. The summed E-state index contributed by atoms with van der Waals surface area (Å²) in [7, 11) is 1.42. The lowest BCUT2D eigenvalue weighted by Crippen LogP contribution is -2.18. The first-order chi connectivity index (χ1) is 35.6. The number of rotatable bonds is 20. The lowest BCUT2D eigenvalue weighted by molar-refractivity contribution is -0.138. The molecule has 1 aliphatic rings. The van der Waals surface area contributed by atoms with Crippen LogP contribution in [-0.4, -0.2) is 45.0 Å². The van der Waals surface area contributed by atoms with E-state index in [9.17, 15) is 19.8 Å². The van der Waals surface area contributed by atoms with Gasteiger partial charge in [0, 0.05) is 37.5 Å². The average molecular weight is 1040 g/mol. The van der Waals surface area contributed by atoms with E-state index in [-0.39, 0.29) is 23.1 Å². The Kier molecular flexibility index (Phi) is 18.1. The highest BCUT2D eigenvalue weighted by molar-refractivity contribution is 7.99. The quantitative estimate of drug-likeness (QED) is 0.0727. The number of halogens is 2. The molecule has 74 heavy (non-hydrogen) atoms. The maximum absolute atomic E-state index is 12.0. The highest BCUT2D eigenvalue weighted by atomic mass is 35.5. The van der Waals surface area contributed by atoms with Crippen LogP contribution in [-0.2, 0) is 40.8 Å². The number of ether oxygens (including phenoxy) is 1. The zero-order chi connectivity index (χ0) is 52.2. The third-order valence-electron chi connectivity index (χ3n) is 14.0. The molecule has 1 saturated carbocycles. The van der Waals surface area contributed by atoms with E-state index in [1.165, 1.54) is 23.8 Å². The van der Waals surface area contributed by atoms with E-state index >= 15 is 0 Å². The molecule has 1 aliphatic carbocycles. The number of esters is 1. The minimum absolute atomic E-state index is 0.0675. The fourth-order valence-electron chi connectivity index (χ4n) is 9.54. The molecule has 2 aromatic heterocycles. The number of carboxylic acids is 1. The molecule has 1 fully saturated rings. The number of nitrogens with zero attached hydrogens (tertiary/aromatic N) is 2. The third-order valence-corrected chi connectivity index (χ3v) is 16.2. The lowest BCUT2D eigenvalue weighted by Gasteiger charge is -2.24. The van der Waals surface area contributed by atoms with Gasteiger partial charge in [-0.25, -0.2) is 9.78 Å². The van der Waals surface area contributed by atoms with Gasteiger partial charge in [-0.3, -0.25) is 9.78 Å². The van der Waals surface area contributed by atoms with Crippen molar-refractivity contribution in [2.75, 3.05) is 12.9 Å². The van der Waals surface area contributed by atoms with Crippen molar-refractivity contribution >= 4 is 80.9 Å². The van der Waals surface area contributed by atoms with Gasteiger partial charge in [-0.1, -0.05) is 151 Å². The molecule has 2 atom stereocenters. The molecule has 0 amide bonds. The molecule has 8 aromatic rings. The van der Waals surface area contributed by atoms with Crippen LogP contribution in [0.5, 0.6) is 0 Å². The first-order valence-corrected chi connectivity index (χ1v) is 27.2. The minimum Gasteiger partial charge on any atom is -0.481 e. The number of carbonyl (C=O) groups excluding carboxylic acids is 1. The number of aliphatic hydroxyl groups is 1. The molecule has 0 spiro atoms. The van der Waals surface area contributed by atoms with Crippen LogP contribution in [0.15, 0.2) is 158 Å². The van der Waals surface area contributed by atoms with E-state index in [2.05, 4.69) is 85.8 Å². The van der Waals surface area contributed by atoms with E-state index in [1.54, 1.807) is 0 Å². The van der Waals surface area contributed by atoms with Crippen LogP contribution in [0.4, 0.5) is 0 Å². The highest BCUT2D eigenvalue weighted by Gasteiger charge is 2.44. The molecule has 2 N–H and O–H groups in total. The zero-order valence-corrected chi connectivity index (χ0v) is 44.9. The molecule has 9 rings (SSSR count). The highest BCUT2D eigenvalue weighted by Crippen LogP contribution is 2.53. The Morgan fingerprint density at radius 2 is 1.35 bits per heavy atom. The van der Waals surface area contributed by atoms with Gasteiger partial charge < -0.3 is 14.9 Å². The Morgan fingerprint density at radius 3 is 2.07 bits per heavy atom. The molecule has 2 heterocycles. The fraction of sp³-hybridized carbons (Fsp3) is 0.281. The Balaban J connectivity index is 0.000000202. The molecular weight excluding hydrogens is 980 g/mol. The lowest BCUT2D eigenvalue weighted by atomic mass is 9.90. The Labute approximate surface area is 450 Å². The minimum atomic E-state index is -0.902. The standard InChI is InChI=1S/C35H38ClNO3S.C29H26ClNO2/c1-34(2,40)30-9-4-3-7-25(30)13-17-32(41-23-35(18-19-35)22-33(38)39)27-8-5-6-24(20-27)10-15-29-16-12-26-11-14-28(36)21-31(26)37-29;1-20(10-12-22-7-3-4-9-27(22)29(32)33-2)24-8-5-6-21(18-24)11-16-26-17-14-23-13-15-25(30)19-28(23)31-26/h3-9,11-12,14,16,20-21,32,40H,10,13,15,17-19,22-23H2,1-2H3,(H,38,39);3-9,11,13-20H,10,12H2,1-2H3/b;16-11+/t32-;/m1./s1. The van der Waals surface area contributed by atoms with Crippen molar-refractivity contribution in [2.24, 2.45) is 5.41 Å². The largest absolute Gasteiger partial charge is 0.481 e. The Bertz CT molecular complexity index is 3270. The number of thioether (sulfide) groups is 1. The van der Waals surface area contributed by atoms with Crippen LogP contribution in [0, 0.1) is 5.41 Å². The van der Waals surface area contributed by atoms with Crippen LogP contribution in [0.1, 0.15) is 125 Å². The van der Waals surface area contributed by atoms with Crippen molar-refractivity contribution in [1.29, 1.82) is 0 Å². The van der Waals surface area contributed by atoms with E-state index < -0.39 is 11.6 Å². The van der Waals surface area contributed by atoms with Crippen molar-refractivity contribution in [3.8, 4) is 0 Å². The number of aromatic nitrogens is 2. The zero-order valence-electron chi connectivity index (χ0n) is 42.6. The van der Waals surface area contributed by atoms with Crippen molar-refractivity contribution in [2.45, 2.75) is 95.3 Å². The molecule has 7 nitrogen and oxygen atoms in total. The van der Waals surface area contributed by atoms with Crippen LogP contribution >= 0.6 is 35.0 Å². The van der Waals surface area contributed by atoms with E-state index in [0.717, 1.165) is 113 Å². The summed E-state index contributed by atoms with van der Waals surface area (Å²) in [5.74, 6) is 0.218. The summed E-state index contributed by atoms with van der Waals surface area (Å²) in [6.07, 6.45) is 11.6. The Hall–Kier alpha value is -6.29. The molecule has 0 bridgehead atoms. The molecule has 6 aromatic carbocycles. The molecule has 380 valence electrons. The number of carboxylic acid groups (broad SMARTS) is 1. The monoisotopic (exact) mass is 1040 g/mol. The van der Waals surface area contributed by atoms with Crippen LogP contribution in [0.2, 0.25) is 10.0 Å². The molecule has 1 unspecified atom stereocenters. The van der Waals surface area contributed by atoms with Crippen molar-refractivity contribution in [1.82, 2.24) is 9.97 Å². The first kappa shape index (κ1) is 54.0. The number of hydrogen-bond donors (Lipinski definition) is 2. The number of methoxy groups -OCH3 is 1. The van der Waals surface area contributed by atoms with Crippen LogP contribution < -0.4 is 0 Å². The first-order valence-electron chi connectivity index (χ1n) is 25.4. The summed E-state index contributed by atoms with van der Waals surface area (Å²) >= 11 is 14.2. The van der Waals surface area contributed by atoms with Crippen molar-refractivity contribution in [3.05, 3.63) is 224 Å². The number of carbonyl (C=O) groups is 2. The van der Waals surface area contributed by atoms with Gasteiger partial charge >= 0.3 is 11.9 Å². The van der Waals surface area contributed by atoms with Gasteiger partial charge in [0.1, 0.15) is 0 Å². The van der Waals surface area contributed by atoms with E-state index in [4.69, 9.17) is 37.9 Å². The maximum Gasteiger partial charge on any atom is 0.338 e. The number of aryl methyl sites for hydroxylation is 4. The number of aliphatic carboxylic acids is 1. The average Bonchev–Trinajstić information content (AvgIpc) is 4.17. The predicted molar refractivity (Wildman–Crippen MR) is 306 cm³/mol. The molecule has 0 radical (unpaired) electrons. The second-order valence-electron chi connectivity index (χ2n) is 20.2. The van der Waals surface area contributed by atoms with Gasteiger partial charge in [-0.15, -0.1) is 0 Å². The molecular formula is C64H64Cl2N2O5S. The number of benzene rings is 6. The van der Waals surface area contributed by atoms with Gasteiger partial charge in [0.15, 0.2) is 0 Å². The van der Waals surface area contributed by atoms with Gasteiger partial charge in [-0.2, -0.15) is 11.8 Å². The SMILES string of the molecule is CC(C)(O)c1ccccc1CC[C@@H](SCC1(CC(=O)O)CC1)c1cccc(CCc2ccc3ccc(Cl)cc3n2)c1.COC(=O)c1ccccc1CCC(C)c1cccc(/C=C/c2ccc3ccc(Cl)cc3n2)c1. The predicted octanol–water partition coefficient (Wildman–Crippen LogP) is 16.1. The second-order valence-corrected chi connectivity index (χ2v) is 22.2. The number of pyridine rings is 2. The van der Waals surface area contributed by atoms with Crippen LogP contribution in [0.3, 0.4) is 0 Å². The second kappa shape index (κ2) is 24.8. The van der Waals surface area contributed by atoms with Gasteiger partial charge in [-0.05, 0) is 164 Å².